The number of aliphatic hydroxyl groups is 1. The quantitative estimate of drug-likeness (QED) is 0.0989. The van der Waals surface area contributed by atoms with Crippen molar-refractivity contribution in [1.82, 2.24) is 31.5 Å². The molecular weight excluding hydrogens is 640 g/mol. The predicted molar refractivity (Wildman–Crippen MR) is 188 cm³/mol. The standard InChI is InChI=1S/C37H48N6O7/c1-25(2)32(40-36(48)49-5)34(46)39-30(22-26-12-8-7-9-13-26)31(45)24-43(41-35(47)33(42-50-6)37(3,4)19-21-44)23-27-15-17-28(18-16-27)29-14-10-11-20-38-29/h7-20,25,30-33,42,45H,22-24H2,1-6H3,(H,39,46)(H,40,48)(H,41,47)/t30-,31-,32-,33+/m0/s1. The molecule has 0 aliphatic heterocycles. The zero-order valence-electron chi connectivity index (χ0n) is 29.4. The topological polar surface area (TPSA) is 171 Å². The van der Waals surface area contributed by atoms with E-state index in [0.29, 0.717) is 0 Å². The van der Waals surface area contributed by atoms with Crippen LogP contribution in [0.15, 0.2) is 85.1 Å². The molecule has 1 heterocycles. The maximum atomic E-state index is 13.8. The monoisotopic (exact) mass is 688 g/mol. The normalized spacial score (nSPS) is 13.8. The van der Waals surface area contributed by atoms with Crippen molar-refractivity contribution in [2.75, 3.05) is 20.8 Å². The number of hydrazine groups is 1. The average Bonchev–Trinajstić information content (AvgIpc) is 3.09. The van der Waals surface area contributed by atoms with E-state index in [1.807, 2.05) is 72.8 Å². The van der Waals surface area contributed by atoms with Gasteiger partial charge in [0, 0.05) is 36.3 Å². The summed E-state index contributed by atoms with van der Waals surface area (Å²) in [6, 6.07) is 19.8. The Bertz CT molecular complexity index is 1560. The van der Waals surface area contributed by atoms with Crippen molar-refractivity contribution in [3.8, 4) is 11.3 Å². The van der Waals surface area contributed by atoms with Crippen LogP contribution in [-0.2, 0) is 36.9 Å². The molecule has 3 rings (SSSR count). The molecule has 3 amide bonds. The van der Waals surface area contributed by atoms with Crippen molar-refractivity contribution < 1.29 is 33.9 Å². The molecule has 5 N–H and O–H groups in total. The van der Waals surface area contributed by atoms with Crippen molar-refractivity contribution in [2.24, 2.45) is 11.3 Å². The summed E-state index contributed by atoms with van der Waals surface area (Å²) in [6.45, 7) is 6.98. The highest BCUT2D eigenvalue weighted by Crippen LogP contribution is 2.23. The molecule has 0 bridgehead atoms. The molecule has 0 saturated carbocycles. The van der Waals surface area contributed by atoms with Crippen LogP contribution in [0.1, 0.15) is 38.8 Å². The third-order valence-electron chi connectivity index (χ3n) is 8.14. The number of aromatic nitrogens is 1. The Labute approximate surface area is 293 Å². The van der Waals surface area contributed by atoms with Crippen LogP contribution < -0.4 is 21.5 Å². The Morgan fingerprint density at radius 1 is 0.940 bits per heavy atom. The number of ether oxygens (including phenoxy) is 1. The molecule has 0 aliphatic carbocycles. The summed E-state index contributed by atoms with van der Waals surface area (Å²) in [7, 11) is 2.58. The van der Waals surface area contributed by atoms with Crippen LogP contribution in [0.3, 0.4) is 0 Å². The number of hydrogen-bond donors (Lipinski definition) is 5. The lowest BCUT2D eigenvalue weighted by Gasteiger charge is -2.34. The van der Waals surface area contributed by atoms with Gasteiger partial charge in [0.2, 0.25) is 5.91 Å². The third-order valence-corrected chi connectivity index (χ3v) is 8.14. The average molecular weight is 689 g/mol. The fourth-order valence-corrected chi connectivity index (χ4v) is 5.30. The van der Waals surface area contributed by atoms with Gasteiger partial charge in [0.15, 0.2) is 0 Å². The fraction of sp³-hybridized carbons (Fsp3) is 0.405. The molecular formula is C37H48N6O7. The van der Waals surface area contributed by atoms with Crippen molar-refractivity contribution in [2.45, 2.75) is 64.9 Å². The highest BCUT2D eigenvalue weighted by atomic mass is 16.6. The molecule has 4 atom stereocenters. The minimum Gasteiger partial charge on any atom is -0.453 e. The van der Waals surface area contributed by atoms with Crippen LogP contribution in [0.4, 0.5) is 4.79 Å². The van der Waals surface area contributed by atoms with Crippen molar-refractivity contribution >= 4 is 23.8 Å². The summed E-state index contributed by atoms with van der Waals surface area (Å²) in [5.74, 6) is 0.424. The summed E-state index contributed by atoms with van der Waals surface area (Å²) in [4.78, 5) is 60.1. The highest BCUT2D eigenvalue weighted by Gasteiger charge is 2.36. The molecule has 2 aromatic carbocycles. The van der Waals surface area contributed by atoms with Gasteiger partial charge in [0.25, 0.3) is 5.91 Å². The number of rotatable bonds is 18. The minimum absolute atomic E-state index is 0.119. The van der Waals surface area contributed by atoms with Crippen LogP contribution >= 0.6 is 0 Å². The Balaban J connectivity index is 1.94. The molecule has 0 aliphatic rings. The number of alkyl carbamates (subject to hydrolysis) is 1. The first-order chi connectivity index (χ1) is 23.9. The second-order valence-corrected chi connectivity index (χ2v) is 12.8. The number of methoxy groups -OCH3 is 1. The number of benzene rings is 2. The summed E-state index contributed by atoms with van der Waals surface area (Å²) in [6.07, 6.45) is 1.23. The van der Waals surface area contributed by atoms with E-state index in [2.05, 4.69) is 26.5 Å². The molecule has 0 radical (unpaired) electrons. The summed E-state index contributed by atoms with van der Waals surface area (Å²) in [5, 5.41) is 18.8. The van der Waals surface area contributed by atoms with Gasteiger partial charge in [-0.1, -0.05) is 88.4 Å². The van der Waals surface area contributed by atoms with Gasteiger partial charge in [-0.05, 0) is 35.6 Å². The van der Waals surface area contributed by atoms with Gasteiger partial charge in [0.1, 0.15) is 18.0 Å². The van der Waals surface area contributed by atoms with Gasteiger partial charge in [-0.25, -0.2) is 14.6 Å². The first-order valence-electron chi connectivity index (χ1n) is 16.3. The lowest BCUT2D eigenvalue weighted by molar-refractivity contribution is -0.136. The zero-order valence-corrected chi connectivity index (χ0v) is 29.4. The Kier molecular flexibility index (Phi) is 15.3. The number of hydrogen-bond acceptors (Lipinski definition) is 10. The van der Waals surface area contributed by atoms with Crippen LogP contribution in [-0.4, -0.2) is 83.9 Å². The van der Waals surface area contributed by atoms with Crippen LogP contribution in [0, 0.1) is 11.3 Å². The van der Waals surface area contributed by atoms with Crippen LogP contribution in [0.2, 0.25) is 0 Å². The van der Waals surface area contributed by atoms with Crippen molar-refractivity contribution in [1.29, 1.82) is 0 Å². The summed E-state index contributed by atoms with van der Waals surface area (Å²) < 4.78 is 4.72. The lowest BCUT2D eigenvalue weighted by atomic mass is 9.84. The minimum atomic E-state index is -1.21. The number of nitrogens with zero attached hydrogens (tertiary/aromatic N) is 2. The SMILES string of the molecule is CON[C@H](C(=O)NN(Cc1ccc(-c2ccccn2)cc1)C[C@H](O)[C@H](Cc1ccccc1)NC(=O)[C@@H](NC(=O)OC)C(C)C)C(C)(C)C=C=O. The van der Waals surface area contributed by atoms with Gasteiger partial charge in [-0.2, -0.15) is 5.48 Å². The Hall–Kier alpha value is -4.91. The number of carbonyl (C=O) groups is 3. The van der Waals surface area contributed by atoms with Gasteiger partial charge in [-0.15, -0.1) is 0 Å². The molecule has 13 nitrogen and oxygen atoms in total. The number of hydroxylamine groups is 1. The molecule has 0 spiro atoms. The molecule has 268 valence electrons. The first-order valence-corrected chi connectivity index (χ1v) is 16.3. The van der Waals surface area contributed by atoms with Gasteiger partial charge in [0.05, 0.1) is 32.1 Å². The van der Waals surface area contributed by atoms with E-state index in [1.165, 1.54) is 20.3 Å². The molecule has 0 unspecified atom stereocenters. The van der Waals surface area contributed by atoms with E-state index < -0.39 is 47.6 Å². The summed E-state index contributed by atoms with van der Waals surface area (Å²) >= 11 is 0. The van der Waals surface area contributed by atoms with E-state index in [0.717, 1.165) is 22.4 Å². The second-order valence-electron chi connectivity index (χ2n) is 12.8. The van der Waals surface area contributed by atoms with Gasteiger partial charge >= 0.3 is 6.09 Å². The number of carbonyl (C=O) groups excluding carboxylic acids is 4. The van der Waals surface area contributed by atoms with Crippen LogP contribution in [0.25, 0.3) is 11.3 Å². The molecule has 0 saturated heterocycles. The maximum absolute atomic E-state index is 13.8. The van der Waals surface area contributed by atoms with Crippen molar-refractivity contribution in [3.05, 3.63) is 96.2 Å². The molecule has 13 heteroatoms. The lowest BCUT2D eigenvalue weighted by Crippen LogP contribution is -2.59. The Morgan fingerprint density at radius 2 is 1.62 bits per heavy atom. The highest BCUT2D eigenvalue weighted by molar-refractivity contribution is 5.86. The second kappa shape index (κ2) is 19.3. The van der Waals surface area contributed by atoms with E-state index >= 15 is 0 Å². The number of amides is 3. The maximum Gasteiger partial charge on any atom is 0.407 e. The van der Waals surface area contributed by atoms with E-state index in [4.69, 9.17) is 9.57 Å². The first kappa shape index (κ1) is 39.5. The van der Waals surface area contributed by atoms with Crippen molar-refractivity contribution in [3.63, 3.8) is 0 Å². The largest absolute Gasteiger partial charge is 0.453 e. The van der Waals surface area contributed by atoms with E-state index in [1.54, 1.807) is 44.8 Å². The molecule has 1 aromatic heterocycles. The Morgan fingerprint density at radius 3 is 2.20 bits per heavy atom. The summed E-state index contributed by atoms with van der Waals surface area (Å²) in [5.41, 5.74) is 7.92. The molecule has 50 heavy (non-hydrogen) atoms. The van der Waals surface area contributed by atoms with E-state index in [-0.39, 0.29) is 25.4 Å². The molecule has 0 fully saturated rings. The number of aliphatic hydroxyl groups excluding tert-OH is 1. The zero-order chi connectivity index (χ0) is 36.7. The molecule has 3 aromatic rings. The predicted octanol–water partition coefficient (Wildman–Crippen LogP) is 2.98. The number of pyridine rings is 1. The van der Waals surface area contributed by atoms with E-state index in [9.17, 15) is 24.3 Å². The smallest absolute Gasteiger partial charge is 0.407 e. The van der Waals surface area contributed by atoms with Crippen LogP contribution in [0.5, 0.6) is 0 Å². The van der Waals surface area contributed by atoms with Gasteiger partial charge < -0.3 is 25.3 Å². The van der Waals surface area contributed by atoms with Gasteiger partial charge in [-0.3, -0.25) is 20.0 Å². The fourth-order valence-electron chi connectivity index (χ4n) is 5.30. The third kappa shape index (κ3) is 11.9. The number of nitrogens with one attached hydrogen (secondary N) is 4.